The molecule has 1 aromatic heterocycles. The molecule has 1 aliphatic carbocycles. The van der Waals surface area contributed by atoms with Gasteiger partial charge in [0.1, 0.15) is 5.82 Å². The van der Waals surface area contributed by atoms with Crippen LogP contribution < -0.4 is 5.73 Å². The van der Waals surface area contributed by atoms with E-state index >= 15 is 0 Å². The van der Waals surface area contributed by atoms with Gasteiger partial charge in [0.05, 0.1) is 5.56 Å². The van der Waals surface area contributed by atoms with Gasteiger partial charge in [-0.1, -0.05) is 51.2 Å². The van der Waals surface area contributed by atoms with Crippen molar-refractivity contribution in [3.63, 3.8) is 0 Å². The molecular formula is C22H29FN2O. The summed E-state index contributed by atoms with van der Waals surface area (Å²) in [4.78, 5) is 12.3. The maximum absolute atomic E-state index is 13.4. The molecule has 0 radical (unpaired) electrons. The summed E-state index contributed by atoms with van der Waals surface area (Å²) in [6.45, 7) is 4.12. The molecule has 4 heteroatoms. The zero-order valence-corrected chi connectivity index (χ0v) is 15.9. The highest BCUT2D eigenvalue weighted by molar-refractivity contribution is 6.02. The van der Waals surface area contributed by atoms with Crippen molar-refractivity contribution >= 4 is 5.91 Å². The van der Waals surface area contributed by atoms with E-state index in [-0.39, 0.29) is 5.82 Å². The second kappa shape index (κ2) is 8.07. The van der Waals surface area contributed by atoms with Gasteiger partial charge in [-0.15, -0.1) is 0 Å². The molecule has 3 nitrogen and oxygen atoms in total. The van der Waals surface area contributed by atoms with Gasteiger partial charge in [0.15, 0.2) is 0 Å². The molecule has 2 aromatic rings. The lowest BCUT2D eigenvalue weighted by Crippen LogP contribution is -2.17. The summed E-state index contributed by atoms with van der Waals surface area (Å²) in [6.07, 6.45) is 9.44. The Kier molecular flexibility index (Phi) is 5.80. The summed E-state index contributed by atoms with van der Waals surface area (Å²) in [7, 11) is 0. The molecule has 140 valence electrons. The number of benzene rings is 1. The van der Waals surface area contributed by atoms with Gasteiger partial charge < -0.3 is 10.3 Å². The monoisotopic (exact) mass is 356 g/mol. The van der Waals surface area contributed by atoms with Gasteiger partial charge in [0.2, 0.25) is 0 Å². The fraction of sp³-hybridized carbons (Fsp3) is 0.500. The Morgan fingerprint density at radius 3 is 2.23 bits per heavy atom. The summed E-state index contributed by atoms with van der Waals surface area (Å²) in [5.41, 5.74) is 10.2. The smallest absolute Gasteiger partial charge is 0.251 e. The fourth-order valence-corrected chi connectivity index (χ4v) is 4.53. The highest BCUT2D eigenvalue weighted by atomic mass is 19.1. The van der Waals surface area contributed by atoms with E-state index in [9.17, 15) is 9.18 Å². The van der Waals surface area contributed by atoms with Crippen molar-refractivity contribution in [3.8, 4) is 11.1 Å². The van der Waals surface area contributed by atoms with Gasteiger partial charge in [-0.05, 0) is 43.9 Å². The normalized spacial score (nSPS) is 16.3. The standard InChI is InChI=1S/C22H29FN2O/c1-3-19-21(16-11-13-17(23)14-12-16)20(22(24)26)15(2)25(19)18-9-7-5-4-6-8-10-18/h11-14,18H,3-10H2,1-2H3,(H2,24,26). The van der Waals surface area contributed by atoms with Crippen LogP contribution in [0.25, 0.3) is 11.1 Å². The molecule has 0 atom stereocenters. The van der Waals surface area contributed by atoms with Crippen molar-refractivity contribution in [1.29, 1.82) is 0 Å². The summed E-state index contributed by atoms with van der Waals surface area (Å²) >= 11 is 0. The number of carbonyl (C=O) groups is 1. The summed E-state index contributed by atoms with van der Waals surface area (Å²) in [6, 6.07) is 6.80. The number of carbonyl (C=O) groups excluding carboxylic acids is 1. The molecule has 0 aliphatic heterocycles. The Bertz CT molecular complexity index is 768. The first-order valence-electron chi connectivity index (χ1n) is 9.84. The molecule has 1 fully saturated rings. The second-order valence-corrected chi connectivity index (χ2v) is 7.38. The van der Waals surface area contributed by atoms with Crippen molar-refractivity contribution in [2.75, 3.05) is 0 Å². The number of nitrogens with two attached hydrogens (primary N) is 1. The molecule has 1 saturated carbocycles. The predicted octanol–water partition coefficient (Wildman–Crippen LogP) is 5.55. The molecule has 0 unspecified atom stereocenters. The quantitative estimate of drug-likeness (QED) is 0.767. The van der Waals surface area contributed by atoms with Crippen molar-refractivity contribution in [3.05, 3.63) is 47.0 Å². The van der Waals surface area contributed by atoms with Gasteiger partial charge >= 0.3 is 0 Å². The van der Waals surface area contributed by atoms with Crippen LogP contribution in [0, 0.1) is 12.7 Å². The van der Waals surface area contributed by atoms with Crippen LogP contribution in [0.1, 0.15) is 79.7 Å². The maximum atomic E-state index is 13.4. The third kappa shape index (κ3) is 3.55. The molecule has 3 rings (SSSR count). The molecule has 0 bridgehead atoms. The van der Waals surface area contributed by atoms with Crippen molar-refractivity contribution < 1.29 is 9.18 Å². The van der Waals surface area contributed by atoms with Crippen LogP contribution >= 0.6 is 0 Å². The molecule has 26 heavy (non-hydrogen) atoms. The van der Waals surface area contributed by atoms with E-state index in [0.717, 1.165) is 41.8 Å². The zero-order valence-electron chi connectivity index (χ0n) is 15.9. The highest BCUT2D eigenvalue weighted by Crippen LogP contribution is 2.38. The predicted molar refractivity (Wildman–Crippen MR) is 104 cm³/mol. The number of rotatable bonds is 4. The third-order valence-electron chi connectivity index (χ3n) is 5.71. The summed E-state index contributed by atoms with van der Waals surface area (Å²) < 4.78 is 15.8. The third-order valence-corrected chi connectivity index (χ3v) is 5.71. The van der Waals surface area contributed by atoms with E-state index in [1.165, 1.54) is 44.2 Å². The van der Waals surface area contributed by atoms with Crippen LogP contribution in [0.3, 0.4) is 0 Å². The molecule has 1 amide bonds. The van der Waals surface area contributed by atoms with Crippen LogP contribution in [0.15, 0.2) is 24.3 Å². The Labute approximate surface area is 155 Å². The zero-order chi connectivity index (χ0) is 18.7. The summed E-state index contributed by atoms with van der Waals surface area (Å²) in [5.74, 6) is -0.676. The molecule has 1 aromatic carbocycles. The number of amides is 1. The lowest BCUT2D eigenvalue weighted by atomic mass is 9.96. The topological polar surface area (TPSA) is 48.0 Å². The maximum Gasteiger partial charge on any atom is 0.251 e. The number of halogens is 1. The van der Waals surface area contributed by atoms with Gasteiger partial charge in [-0.25, -0.2) is 4.39 Å². The second-order valence-electron chi connectivity index (χ2n) is 7.38. The van der Waals surface area contributed by atoms with Crippen LogP contribution in [0.4, 0.5) is 4.39 Å². The largest absolute Gasteiger partial charge is 0.366 e. The van der Waals surface area contributed by atoms with Gasteiger partial charge in [-0.2, -0.15) is 0 Å². The van der Waals surface area contributed by atoms with Gasteiger partial charge in [0, 0.05) is 23.0 Å². The van der Waals surface area contributed by atoms with E-state index in [1.54, 1.807) is 12.1 Å². The van der Waals surface area contributed by atoms with E-state index in [0.29, 0.717) is 11.6 Å². The molecular weight excluding hydrogens is 327 g/mol. The van der Waals surface area contributed by atoms with Crippen molar-refractivity contribution in [2.45, 2.75) is 71.3 Å². The van der Waals surface area contributed by atoms with Gasteiger partial charge in [0.25, 0.3) is 5.91 Å². The minimum absolute atomic E-state index is 0.274. The lowest BCUT2D eigenvalue weighted by Gasteiger charge is -2.25. The van der Waals surface area contributed by atoms with Crippen LogP contribution in [0.5, 0.6) is 0 Å². The van der Waals surface area contributed by atoms with E-state index < -0.39 is 5.91 Å². The first-order valence-corrected chi connectivity index (χ1v) is 9.84. The molecule has 1 heterocycles. The number of aromatic nitrogens is 1. The Balaban J connectivity index is 2.17. The lowest BCUT2D eigenvalue weighted by molar-refractivity contribution is 0.1000. The first-order chi connectivity index (χ1) is 12.5. The summed E-state index contributed by atoms with van der Waals surface area (Å²) in [5, 5.41) is 0. The molecule has 1 aliphatic rings. The van der Waals surface area contributed by atoms with E-state index in [1.807, 2.05) is 6.92 Å². The fourth-order valence-electron chi connectivity index (χ4n) is 4.53. The van der Waals surface area contributed by atoms with Gasteiger partial charge in [-0.3, -0.25) is 4.79 Å². The Hall–Kier alpha value is -2.10. The van der Waals surface area contributed by atoms with Crippen molar-refractivity contribution in [1.82, 2.24) is 4.57 Å². The number of hydrogen-bond acceptors (Lipinski definition) is 1. The first kappa shape index (κ1) is 18.7. The van der Waals surface area contributed by atoms with E-state index in [4.69, 9.17) is 5.73 Å². The number of nitrogens with zero attached hydrogens (tertiary/aromatic N) is 1. The molecule has 2 N–H and O–H groups in total. The Morgan fingerprint density at radius 1 is 1.12 bits per heavy atom. The Morgan fingerprint density at radius 2 is 1.69 bits per heavy atom. The minimum Gasteiger partial charge on any atom is -0.366 e. The van der Waals surface area contributed by atoms with Crippen molar-refractivity contribution in [2.24, 2.45) is 5.73 Å². The van der Waals surface area contributed by atoms with E-state index in [2.05, 4.69) is 11.5 Å². The molecule has 0 saturated heterocycles. The highest BCUT2D eigenvalue weighted by Gasteiger charge is 2.27. The van der Waals surface area contributed by atoms with Crippen LogP contribution in [-0.4, -0.2) is 10.5 Å². The van der Waals surface area contributed by atoms with Crippen LogP contribution in [-0.2, 0) is 6.42 Å². The average molecular weight is 356 g/mol. The van der Waals surface area contributed by atoms with Crippen LogP contribution in [0.2, 0.25) is 0 Å². The average Bonchev–Trinajstić information content (AvgIpc) is 2.88. The number of primary amides is 1. The minimum atomic E-state index is -0.402. The molecule has 0 spiro atoms. The SMILES string of the molecule is CCc1c(-c2ccc(F)cc2)c(C(N)=O)c(C)n1C1CCCCCCC1. The number of hydrogen-bond donors (Lipinski definition) is 1.